The second-order valence-electron chi connectivity index (χ2n) is 4.08. The highest BCUT2D eigenvalue weighted by atomic mass is 16.5. The van der Waals surface area contributed by atoms with Crippen LogP contribution in [0.3, 0.4) is 0 Å². The van der Waals surface area contributed by atoms with Crippen LogP contribution in [0.5, 0.6) is 0 Å². The van der Waals surface area contributed by atoms with Crippen molar-refractivity contribution in [3.63, 3.8) is 0 Å². The molecule has 0 aliphatic rings. The van der Waals surface area contributed by atoms with Crippen LogP contribution in [0, 0.1) is 11.3 Å². The first-order chi connectivity index (χ1) is 9.74. The Morgan fingerprint density at radius 3 is 2.50 bits per heavy atom. The van der Waals surface area contributed by atoms with E-state index < -0.39 is 5.97 Å². The molecule has 2 rings (SSSR count). The summed E-state index contributed by atoms with van der Waals surface area (Å²) in [5.41, 5.74) is 2.01. The third kappa shape index (κ3) is 3.09. The molecule has 4 nitrogen and oxygen atoms in total. The third-order valence-corrected chi connectivity index (χ3v) is 2.78. The molecule has 2 aromatic rings. The standard InChI is InChI=1S/C16H11NO3/c17-9-14-3-1-2-4-15(14)11-20-16(19)13-7-5-12(10-18)6-8-13/h1-8,10H,11H2. The number of nitriles is 1. The summed E-state index contributed by atoms with van der Waals surface area (Å²) in [4.78, 5) is 22.3. The van der Waals surface area contributed by atoms with Gasteiger partial charge in [-0.05, 0) is 18.2 Å². The molecule has 0 N–H and O–H groups in total. The van der Waals surface area contributed by atoms with E-state index in [0.717, 1.165) is 0 Å². The minimum absolute atomic E-state index is 0.0397. The summed E-state index contributed by atoms with van der Waals surface area (Å²) in [5.74, 6) is -0.491. The van der Waals surface area contributed by atoms with Gasteiger partial charge in [-0.1, -0.05) is 30.3 Å². The number of carbonyl (C=O) groups excluding carboxylic acids is 2. The minimum Gasteiger partial charge on any atom is -0.457 e. The van der Waals surface area contributed by atoms with Crippen molar-refractivity contribution in [3.8, 4) is 6.07 Å². The van der Waals surface area contributed by atoms with E-state index in [0.29, 0.717) is 28.5 Å². The fourth-order valence-corrected chi connectivity index (χ4v) is 1.68. The van der Waals surface area contributed by atoms with E-state index in [1.165, 1.54) is 12.1 Å². The van der Waals surface area contributed by atoms with Gasteiger partial charge in [-0.3, -0.25) is 4.79 Å². The molecule has 0 heterocycles. The molecular formula is C16H11NO3. The molecule has 0 aliphatic carbocycles. The molecule has 0 spiro atoms. The van der Waals surface area contributed by atoms with Crippen molar-refractivity contribution < 1.29 is 14.3 Å². The van der Waals surface area contributed by atoms with Gasteiger partial charge in [0, 0.05) is 11.1 Å². The zero-order valence-corrected chi connectivity index (χ0v) is 10.6. The van der Waals surface area contributed by atoms with Crippen molar-refractivity contribution in [2.24, 2.45) is 0 Å². The predicted molar refractivity (Wildman–Crippen MR) is 72.1 cm³/mol. The fraction of sp³-hybridized carbons (Fsp3) is 0.0625. The summed E-state index contributed by atoms with van der Waals surface area (Å²) in [6.45, 7) is 0.0397. The summed E-state index contributed by atoms with van der Waals surface area (Å²) in [6.07, 6.45) is 0.707. The van der Waals surface area contributed by atoms with E-state index in [9.17, 15) is 9.59 Å². The quantitative estimate of drug-likeness (QED) is 0.629. The van der Waals surface area contributed by atoms with Gasteiger partial charge in [0.2, 0.25) is 0 Å². The molecule has 0 aromatic heterocycles. The van der Waals surface area contributed by atoms with Gasteiger partial charge < -0.3 is 4.74 Å². The van der Waals surface area contributed by atoms with Crippen LogP contribution in [-0.4, -0.2) is 12.3 Å². The number of benzene rings is 2. The maximum absolute atomic E-state index is 11.8. The van der Waals surface area contributed by atoms with E-state index in [1.807, 2.05) is 6.07 Å². The van der Waals surface area contributed by atoms with Crippen molar-refractivity contribution in [2.45, 2.75) is 6.61 Å². The number of nitrogens with zero attached hydrogens (tertiary/aromatic N) is 1. The van der Waals surface area contributed by atoms with E-state index in [2.05, 4.69) is 0 Å². The highest BCUT2D eigenvalue weighted by Gasteiger charge is 2.08. The van der Waals surface area contributed by atoms with Gasteiger partial charge in [-0.2, -0.15) is 5.26 Å². The molecule has 0 radical (unpaired) electrons. The summed E-state index contributed by atoms with van der Waals surface area (Å²) in [6, 6.07) is 15.1. The molecule has 0 fully saturated rings. The SMILES string of the molecule is N#Cc1ccccc1COC(=O)c1ccc(C=O)cc1. The topological polar surface area (TPSA) is 67.2 Å². The van der Waals surface area contributed by atoms with Crippen LogP contribution in [0.15, 0.2) is 48.5 Å². The molecular weight excluding hydrogens is 254 g/mol. The Labute approximate surface area is 116 Å². The number of esters is 1. The van der Waals surface area contributed by atoms with Crippen molar-refractivity contribution in [1.29, 1.82) is 5.26 Å². The lowest BCUT2D eigenvalue weighted by Gasteiger charge is -2.06. The first-order valence-electron chi connectivity index (χ1n) is 5.95. The third-order valence-electron chi connectivity index (χ3n) is 2.78. The van der Waals surface area contributed by atoms with Gasteiger partial charge in [0.05, 0.1) is 17.2 Å². The molecule has 0 saturated heterocycles. The number of ether oxygens (including phenoxy) is 1. The molecule has 0 saturated carbocycles. The fourth-order valence-electron chi connectivity index (χ4n) is 1.68. The first-order valence-corrected chi connectivity index (χ1v) is 5.95. The Hall–Kier alpha value is -2.93. The van der Waals surface area contributed by atoms with Gasteiger partial charge in [0.1, 0.15) is 12.9 Å². The molecule has 0 aliphatic heterocycles. The van der Waals surface area contributed by atoms with Crippen molar-refractivity contribution in [3.05, 3.63) is 70.8 Å². The average molecular weight is 265 g/mol. The number of hydrogen-bond acceptors (Lipinski definition) is 4. The summed E-state index contributed by atoms with van der Waals surface area (Å²) < 4.78 is 5.15. The van der Waals surface area contributed by atoms with E-state index in [4.69, 9.17) is 10.00 Å². The maximum Gasteiger partial charge on any atom is 0.338 e. The van der Waals surface area contributed by atoms with Gasteiger partial charge in [0.25, 0.3) is 0 Å². The predicted octanol–water partition coefficient (Wildman–Crippen LogP) is 2.73. The minimum atomic E-state index is -0.491. The van der Waals surface area contributed by atoms with Crippen LogP contribution < -0.4 is 0 Å². The molecule has 0 bridgehead atoms. The van der Waals surface area contributed by atoms with Crippen LogP contribution in [-0.2, 0) is 11.3 Å². The molecule has 20 heavy (non-hydrogen) atoms. The van der Waals surface area contributed by atoms with Crippen molar-refractivity contribution in [2.75, 3.05) is 0 Å². The lowest BCUT2D eigenvalue weighted by molar-refractivity contribution is 0.0472. The Morgan fingerprint density at radius 2 is 1.85 bits per heavy atom. The van der Waals surface area contributed by atoms with E-state index in [1.54, 1.807) is 36.4 Å². The van der Waals surface area contributed by atoms with Crippen LogP contribution in [0.2, 0.25) is 0 Å². The highest BCUT2D eigenvalue weighted by Crippen LogP contribution is 2.11. The van der Waals surface area contributed by atoms with Crippen molar-refractivity contribution in [1.82, 2.24) is 0 Å². The normalized spacial score (nSPS) is 9.55. The molecule has 0 atom stereocenters. The smallest absolute Gasteiger partial charge is 0.338 e. The summed E-state index contributed by atoms with van der Waals surface area (Å²) in [5, 5.41) is 8.93. The molecule has 2 aromatic carbocycles. The monoisotopic (exact) mass is 265 g/mol. The lowest BCUT2D eigenvalue weighted by atomic mass is 10.1. The maximum atomic E-state index is 11.8. The highest BCUT2D eigenvalue weighted by molar-refractivity contribution is 5.90. The second kappa shape index (κ2) is 6.30. The largest absolute Gasteiger partial charge is 0.457 e. The second-order valence-corrected chi connectivity index (χ2v) is 4.08. The summed E-state index contributed by atoms with van der Waals surface area (Å²) >= 11 is 0. The number of hydrogen-bond donors (Lipinski definition) is 0. The van der Waals surface area contributed by atoms with Gasteiger partial charge in [-0.25, -0.2) is 4.79 Å². The molecule has 4 heteroatoms. The Morgan fingerprint density at radius 1 is 1.15 bits per heavy atom. The first kappa shape index (κ1) is 13.5. The van der Waals surface area contributed by atoms with Gasteiger partial charge in [0.15, 0.2) is 0 Å². The van der Waals surface area contributed by atoms with E-state index >= 15 is 0 Å². The van der Waals surface area contributed by atoms with Crippen LogP contribution in [0.4, 0.5) is 0 Å². The van der Waals surface area contributed by atoms with E-state index in [-0.39, 0.29) is 6.61 Å². The lowest BCUT2D eigenvalue weighted by Crippen LogP contribution is -2.06. The average Bonchev–Trinajstić information content (AvgIpc) is 2.53. The van der Waals surface area contributed by atoms with Crippen LogP contribution in [0.25, 0.3) is 0 Å². The Balaban J connectivity index is 2.05. The number of carbonyl (C=O) groups is 2. The molecule has 98 valence electrons. The Kier molecular flexibility index (Phi) is 4.25. The van der Waals surface area contributed by atoms with Gasteiger partial charge in [-0.15, -0.1) is 0 Å². The zero-order chi connectivity index (χ0) is 14.4. The zero-order valence-electron chi connectivity index (χ0n) is 10.6. The Bertz CT molecular complexity index is 669. The van der Waals surface area contributed by atoms with Crippen LogP contribution in [0.1, 0.15) is 31.8 Å². The molecule has 0 amide bonds. The summed E-state index contributed by atoms with van der Waals surface area (Å²) in [7, 11) is 0. The van der Waals surface area contributed by atoms with Crippen LogP contribution >= 0.6 is 0 Å². The molecule has 0 unspecified atom stereocenters. The number of rotatable bonds is 4. The van der Waals surface area contributed by atoms with Gasteiger partial charge >= 0.3 is 5.97 Å². The van der Waals surface area contributed by atoms with Crippen molar-refractivity contribution >= 4 is 12.3 Å². The number of aldehydes is 1.